The van der Waals surface area contributed by atoms with Crippen LogP contribution in [-0.2, 0) is 14.6 Å². The predicted molar refractivity (Wildman–Crippen MR) is 65.8 cm³/mol. The molecule has 0 aromatic carbocycles. The summed E-state index contributed by atoms with van der Waals surface area (Å²) in [6, 6.07) is -0.312. The number of aliphatic hydroxyl groups is 2. The van der Waals surface area contributed by atoms with Crippen LogP contribution < -0.4 is 5.32 Å². The van der Waals surface area contributed by atoms with Gasteiger partial charge in [0.15, 0.2) is 9.84 Å². The van der Waals surface area contributed by atoms with Gasteiger partial charge in [-0.2, -0.15) is 0 Å². The molecule has 1 unspecified atom stereocenters. The maximum atomic E-state index is 11.7. The molecule has 0 bridgehead atoms. The zero-order valence-electron chi connectivity index (χ0n) is 10.2. The van der Waals surface area contributed by atoms with Crippen molar-refractivity contribution in [1.29, 1.82) is 0 Å². The van der Waals surface area contributed by atoms with Gasteiger partial charge >= 0.3 is 0 Å². The smallest absolute Gasteiger partial charge is 0.234 e. The Morgan fingerprint density at radius 2 is 1.89 bits per heavy atom. The van der Waals surface area contributed by atoms with Gasteiger partial charge in [-0.05, 0) is 6.42 Å². The molecule has 7 nitrogen and oxygen atoms in total. The number of nitrogens with zero attached hydrogens (tertiary/aromatic N) is 1. The fourth-order valence-corrected chi connectivity index (χ4v) is 3.61. The minimum atomic E-state index is -3.00. The van der Waals surface area contributed by atoms with Crippen LogP contribution in [0.5, 0.6) is 0 Å². The van der Waals surface area contributed by atoms with Crippen molar-refractivity contribution in [3.05, 3.63) is 0 Å². The lowest BCUT2D eigenvalue weighted by Crippen LogP contribution is -2.44. The highest BCUT2D eigenvalue weighted by Crippen LogP contribution is 2.10. The van der Waals surface area contributed by atoms with Gasteiger partial charge in [-0.1, -0.05) is 0 Å². The number of nitrogens with one attached hydrogen (secondary N) is 1. The topological polar surface area (TPSA) is 107 Å². The zero-order valence-corrected chi connectivity index (χ0v) is 11.0. The molecule has 1 aliphatic rings. The molecule has 1 aliphatic heterocycles. The van der Waals surface area contributed by atoms with Gasteiger partial charge in [0.05, 0.1) is 31.3 Å². The fraction of sp³-hybridized carbons (Fsp3) is 0.900. The third-order valence-corrected chi connectivity index (χ3v) is 4.57. The lowest BCUT2D eigenvalue weighted by atomic mass is 10.2. The number of carbonyl (C=O) groups excluding carboxylic acids is 1. The van der Waals surface area contributed by atoms with Gasteiger partial charge in [0.25, 0.3) is 0 Å². The van der Waals surface area contributed by atoms with E-state index in [4.69, 9.17) is 10.2 Å². The summed E-state index contributed by atoms with van der Waals surface area (Å²) >= 11 is 0. The van der Waals surface area contributed by atoms with Crippen LogP contribution in [0, 0.1) is 0 Å². The monoisotopic (exact) mass is 280 g/mol. The first-order chi connectivity index (χ1) is 8.46. The summed E-state index contributed by atoms with van der Waals surface area (Å²) in [4.78, 5) is 13.3. The van der Waals surface area contributed by atoms with E-state index in [2.05, 4.69) is 5.32 Å². The molecule has 8 heteroatoms. The SMILES string of the molecule is O=C(CN(CCO)CCO)NC1CCS(=O)(=O)C1. The van der Waals surface area contributed by atoms with Crippen LogP contribution in [0.15, 0.2) is 0 Å². The number of rotatable bonds is 7. The Morgan fingerprint density at radius 1 is 1.28 bits per heavy atom. The number of hydrogen-bond donors (Lipinski definition) is 3. The third kappa shape index (κ3) is 5.30. The van der Waals surface area contributed by atoms with Gasteiger partial charge in [0.1, 0.15) is 0 Å². The minimum Gasteiger partial charge on any atom is -0.395 e. The van der Waals surface area contributed by atoms with E-state index >= 15 is 0 Å². The molecule has 1 saturated heterocycles. The van der Waals surface area contributed by atoms with Crippen LogP contribution >= 0.6 is 0 Å². The number of aliphatic hydroxyl groups excluding tert-OH is 2. The van der Waals surface area contributed by atoms with Gasteiger partial charge in [-0.25, -0.2) is 8.42 Å². The molecular weight excluding hydrogens is 260 g/mol. The molecule has 0 aromatic heterocycles. The number of sulfone groups is 1. The molecule has 1 atom stereocenters. The molecule has 3 N–H and O–H groups in total. The minimum absolute atomic E-state index is 0.00125. The van der Waals surface area contributed by atoms with Crippen molar-refractivity contribution in [3.8, 4) is 0 Å². The summed E-state index contributed by atoms with van der Waals surface area (Å²) in [5, 5.41) is 20.2. The second-order valence-electron chi connectivity index (χ2n) is 4.39. The lowest BCUT2D eigenvalue weighted by Gasteiger charge is -2.20. The van der Waals surface area contributed by atoms with Crippen LogP contribution in [0.4, 0.5) is 0 Å². The average Bonchev–Trinajstić information content (AvgIpc) is 2.58. The maximum Gasteiger partial charge on any atom is 0.234 e. The van der Waals surface area contributed by atoms with Crippen LogP contribution in [0.25, 0.3) is 0 Å². The quantitative estimate of drug-likeness (QED) is 0.479. The van der Waals surface area contributed by atoms with E-state index in [9.17, 15) is 13.2 Å². The van der Waals surface area contributed by atoms with Crippen molar-refractivity contribution < 1.29 is 23.4 Å². The molecule has 0 saturated carbocycles. The molecule has 0 radical (unpaired) electrons. The Hall–Kier alpha value is -0.700. The zero-order chi connectivity index (χ0) is 13.6. The molecule has 0 aromatic rings. The first-order valence-electron chi connectivity index (χ1n) is 5.90. The van der Waals surface area contributed by atoms with Gasteiger partial charge in [-0.3, -0.25) is 9.69 Å². The molecule has 0 aliphatic carbocycles. The van der Waals surface area contributed by atoms with Gasteiger partial charge in [0, 0.05) is 19.1 Å². The third-order valence-electron chi connectivity index (χ3n) is 2.80. The van der Waals surface area contributed by atoms with E-state index in [1.807, 2.05) is 0 Å². The number of carbonyl (C=O) groups is 1. The fourth-order valence-electron chi connectivity index (χ4n) is 1.94. The maximum absolute atomic E-state index is 11.7. The van der Waals surface area contributed by atoms with Crippen molar-refractivity contribution in [3.63, 3.8) is 0 Å². The molecule has 1 amide bonds. The summed E-state index contributed by atoms with van der Waals surface area (Å²) in [5.41, 5.74) is 0. The number of hydrogen-bond acceptors (Lipinski definition) is 6. The molecule has 0 spiro atoms. The normalized spacial score (nSPS) is 22.3. The number of amides is 1. The van der Waals surface area contributed by atoms with Gasteiger partial charge in [-0.15, -0.1) is 0 Å². The second-order valence-corrected chi connectivity index (χ2v) is 6.62. The molecular formula is C10H20N2O5S. The van der Waals surface area contributed by atoms with Crippen molar-refractivity contribution in [2.45, 2.75) is 12.5 Å². The highest BCUT2D eigenvalue weighted by Gasteiger charge is 2.29. The van der Waals surface area contributed by atoms with Crippen LogP contribution in [0.1, 0.15) is 6.42 Å². The molecule has 1 fully saturated rings. The van der Waals surface area contributed by atoms with E-state index in [1.165, 1.54) is 0 Å². The Labute approximate surface area is 107 Å². The highest BCUT2D eigenvalue weighted by molar-refractivity contribution is 7.91. The molecule has 1 heterocycles. The van der Waals surface area contributed by atoms with Crippen molar-refractivity contribution in [1.82, 2.24) is 10.2 Å². The van der Waals surface area contributed by atoms with Crippen LogP contribution in [-0.4, -0.2) is 79.8 Å². The Morgan fingerprint density at radius 3 is 2.33 bits per heavy atom. The standard InChI is InChI=1S/C10H20N2O5S/c13-4-2-12(3-5-14)7-10(15)11-9-1-6-18(16,17)8-9/h9,13-14H,1-8H2,(H,11,15). The molecule has 106 valence electrons. The second kappa shape index (κ2) is 7.03. The van der Waals surface area contributed by atoms with Crippen molar-refractivity contribution in [2.75, 3.05) is 44.4 Å². The van der Waals surface area contributed by atoms with Crippen molar-refractivity contribution in [2.24, 2.45) is 0 Å². The summed E-state index contributed by atoms with van der Waals surface area (Å²) < 4.78 is 22.4. The first kappa shape index (κ1) is 15.4. The predicted octanol–water partition coefficient (Wildman–Crippen LogP) is -2.42. The molecule has 18 heavy (non-hydrogen) atoms. The lowest BCUT2D eigenvalue weighted by molar-refractivity contribution is -0.123. The summed E-state index contributed by atoms with van der Waals surface area (Å²) in [7, 11) is -3.00. The summed E-state index contributed by atoms with van der Waals surface area (Å²) in [6.07, 6.45) is 0.452. The van der Waals surface area contributed by atoms with E-state index in [-0.39, 0.29) is 43.2 Å². The largest absolute Gasteiger partial charge is 0.395 e. The van der Waals surface area contributed by atoms with E-state index in [0.717, 1.165) is 0 Å². The Balaban J connectivity index is 2.36. The van der Waals surface area contributed by atoms with Gasteiger partial charge in [0.2, 0.25) is 5.91 Å². The van der Waals surface area contributed by atoms with Gasteiger partial charge < -0.3 is 15.5 Å². The van der Waals surface area contributed by atoms with E-state index in [1.54, 1.807) is 4.90 Å². The van der Waals surface area contributed by atoms with Crippen molar-refractivity contribution >= 4 is 15.7 Å². The summed E-state index contributed by atoms with van der Waals surface area (Å²) in [6.45, 7) is 0.474. The summed E-state index contributed by atoms with van der Waals surface area (Å²) in [5.74, 6) is -0.160. The van der Waals surface area contributed by atoms with E-state index < -0.39 is 9.84 Å². The highest BCUT2D eigenvalue weighted by atomic mass is 32.2. The van der Waals surface area contributed by atoms with E-state index in [0.29, 0.717) is 19.5 Å². The van der Waals surface area contributed by atoms with Crippen LogP contribution in [0.3, 0.4) is 0 Å². The Kier molecular flexibility index (Phi) is 6.00. The average molecular weight is 280 g/mol. The molecule has 1 rings (SSSR count). The Bertz CT molecular complexity index is 364. The first-order valence-corrected chi connectivity index (χ1v) is 7.73. The van der Waals surface area contributed by atoms with Crippen LogP contribution in [0.2, 0.25) is 0 Å².